The first kappa shape index (κ1) is 15.9. The van der Waals surface area contributed by atoms with Crippen molar-refractivity contribution in [1.29, 1.82) is 0 Å². The van der Waals surface area contributed by atoms with Gasteiger partial charge in [0.1, 0.15) is 5.71 Å². The van der Waals surface area contributed by atoms with E-state index in [1.54, 1.807) is 43.6 Å². The Bertz CT molecular complexity index is 897. The second-order valence-corrected chi connectivity index (χ2v) is 5.45. The van der Waals surface area contributed by atoms with Crippen molar-refractivity contribution in [3.05, 3.63) is 65.6 Å². The quantitative estimate of drug-likeness (QED) is 0.424. The van der Waals surface area contributed by atoms with Gasteiger partial charge < -0.3 is 10.5 Å². The standard InChI is InChI=1S/C17H14ClN5O/c1-11(23-24)16-9-12(5-7-19-16)15-6-8-20-17(22-15)21-14-4-2-3-13(18)10-14/h2-10,24H,1H3,(H,20,21,22). The predicted octanol–water partition coefficient (Wildman–Crippen LogP) is 4.13. The number of hydrogen-bond donors (Lipinski definition) is 2. The molecule has 24 heavy (non-hydrogen) atoms. The van der Waals surface area contributed by atoms with Crippen LogP contribution in [0.15, 0.2) is 60.0 Å². The molecule has 0 amide bonds. The molecule has 120 valence electrons. The van der Waals surface area contributed by atoms with Crippen LogP contribution in [0.25, 0.3) is 11.3 Å². The molecule has 2 heterocycles. The summed E-state index contributed by atoms with van der Waals surface area (Å²) in [7, 11) is 0. The van der Waals surface area contributed by atoms with Gasteiger partial charge in [-0.2, -0.15) is 0 Å². The second kappa shape index (κ2) is 7.06. The minimum absolute atomic E-state index is 0.434. The number of nitrogens with zero attached hydrogens (tertiary/aromatic N) is 4. The maximum atomic E-state index is 8.88. The van der Waals surface area contributed by atoms with Gasteiger partial charge in [0.15, 0.2) is 0 Å². The molecule has 0 spiro atoms. The topological polar surface area (TPSA) is 83.3 Å². The molecule has 0 aliphatic rings. The number of oxime groups is 1. The smallest absolute Gasteiger partial charge is 0.227 e. The SMILES string of the molecule is CC(=NO)c1cc(-c2ccnc(Nc3cccc(Cl)c3)n2)ccn1. The summed E-state index contributed by atoms with van der Waals surface area (Å²) in [6, 6.07) is 12.8. The van der Waals surface area contributed by atoms with E-state index in [1.165, 1.54) is 0 Å². The number of nitrogens with one attached hydrogen (secondary N) is 1. The number of halogens is 1. The number of rotatable bonds is 4. The summed E-state index contributed by atoms with van der Waals surface area (Å²) < 4.78 is 0. The van der Waals surface area contributed by atoms with Crippen LogP contribution in [0.4, 0.5) is 11.6 Å². The summed E-state index contributed by atoms with van der Waals surface area (Å²) in [5.74, 6) is 0.459. The van der Waals surface area contributed by atoms with E-state index in [0.29, 0.717) is 22.4 Å². The zero-order valence-corrected chi connectivity index (χ0v) is 13.6. The first-order chi connectivity index (χ1) is 11.7. The summed E-state index contributed by atoms with van der Waals surface area (Å²) in [5.41, 5.74) is 3.39. The van der Waals surface area contributed by atoms with Crippen LogP contribution in [-0.4, -0.2) is 25.9 Å². The van der Waals surface area contributed by atoms with Crippen LogP contribution in [0.3, 0.4) is 0 Å². The summed E-state index contributed by atoms with van der Waals surface area (Å²) in [6.45, 7) is 1.68. The monoisotopic (exact) mass is 339 g/mol. The summed E-state index contributed by atoms with van der Waals surface area (Å²) in [4.78, 5) is 12.9. The normalized spacial score (nSPS) is 11.3. The van der Waals surface area contributed by atoms with Crippen molar-refractivity contribution in [2.24, 2.45) is 5.16 Å². The molecule has 6 nitrogen and oxygen atoms in total. The molecule has 3 rings (SSSR count). The van der Waals surface area contributed by atoms with Gasteiger partial charge in [-0.3, -0.25) is 4.98 Å². The van der Waals surface area contributed by atoms with Crippen molar-refractivity contribution in [3.8, 4) is 11.3 Å². The van der Waals surface area contributed by atoms with Gasteiger partial charge in [-0.15, -0.1) is 0 Å². The van der Waals surface area contributed by atoms with Crippen LogP contribution in [0, 0.1) is 0 Å². The number of anilines is 2. The third-order valence-electron chi connectivity index (χ3n) is 3.31. The fourth-order valence-corrected chi connectivity index (χ4v) is 2.30. The average molecular weight is 340 g/mol. The molecule has 0 aliphatic carbocycles. The lowest BCUT2D eigenvalue weighted by Crippen LogP contribution is -2.00. The Morgan fingerprint density at radius 1 is 1.12 bits per heavy atom. The van der Waals surface area contributed by atoms with Crippen LogP contribution in [-0.2, 0) is 0 Å². The lowest BCUT2D eigenvalue weighted by atomic mass is 10.1. The highest BCUT2D eigenvalue weighted by atomic mass is 35.5. The van der Waals surface area contributed by atoms with Crippen molar-refractivity contribution in [3.63, 3.8) is 0 Å². The first-order valence-electron chi connectivity index (χ1n) is 7.17. The fraction of sp³-hybridized carbons (Fsp3) is 0.0588. The van der Waals surface area contributed by atoms with Crippen molar-refractivity contribution in [1.82, 2.24) is 15.0 Å². The largest absolute Gasteiger partial charge is 0.411 e. The Morgan fingerprint density at radius 2 is 1.96 bits per heavy atom. The van der Waals surface area contributed by atoms with Crippen molar-refractivity contribution < 1.29 is 5.21 Å². The molecular formula is C17H14ClN5O. The van der Waals surface area contributed by atoms with E-state index >= 15 is 0 Å². The van der Waals surface area contributed by atoms with Gasteiger partial charge in [-0.05, 0) is 43.3 Å². The third kappa shape index (κ3) is 3.67. The Balaban J connectivity index is 1.91. The molecule has 2 aromatic heterocycles. The maximum Gasteiger partial charge on any atom is 0.227 e. The maximum absolute atomic E-state index is 8.88. The molecular weight excluding hydrogens is 326 g/mol. The molecule has 7 heteroatoms. The van der Waals surface area contributed by atoms with E-state index in [0.717, 1.165) is 16.9 Å². The lowest BCUT2D eigenvalue weighted by Gasteiger charge is -2.07. The fourth-order valence-electron chi connectivity index (χ4n) is 2.11. The minimum Gasteiger partial charge on any atom is -0.411 e. The van der Waals surface area contributed by atoms with Crippen LogP contribution < -0.4 is 5.32 Å². The van der Waals surface area contributed by atoms with E-state index in [1.807, 2.05) is 18.2 Å². The van der Waals surface area contributed by atoms with E-state index in [2.05, 4.69) is 25.4 Å². The van der Waals surface area contributed by atoms with Crippen LogP contribution in [0.5, 0.6) is 0 Å². The number of benzene rings is 1. The molecule has 0 saturated carbocycles. The van der Waals surface area contributed by atoms with Gasteiger partial charge in [-0.25, -0.2) is 9.97 Å². The molecule has 0 atom stereocenters. The van der Waals surface area contributed by atoms with Crippen molar-refractivity contribution >= 4 is 28.9 Å². The molecule has 0 bridgehead atoms. The molecule has 0 aliphatic heterocycles. The molecule has 2 N–H and O–H groups in total. The Labute approximate surface area is 143 Å². The predicted molar refractivity (Wildman–Crippen MR) is 94.0 cm³/mol. The first-order valence-corrected chi connectivity index (χ1v) is 7.54. The molecule has 1 aromatic carbocycles. The Kier molecular flexibility index (Phi) is 4.67. The van der Waals surface area contributed by atoms with Crippen molar-refractivity contribution in [2.45, 2.75) is 6.92 Å². The van der Waals surface area contributed by atoms with Gasteiger partial charge in [0.05, 0.1) is 11.4 Å². The number of pyridine rings is 1. The van der Waals surface area contributed by atoms with Gasteiger partial charge in [0.25, 0.3) is 0 Å². The van der Waals surface area contributed by atoms with Gasteiger partial charge in [0.2, 0.25) is 5.95 Å². The average Bonchev–Trinajstić information content (AvgIpc) is 2.61. The highest BCUT2D eigenvalue weighted by Gasteiger charge is 2.06. The van der Waals surface area contributed by atoms with Crippen molar-refractivity contribution in [2.75, 3.05) is 5.32 Å². The number of hydrogen-bond acceptors (Lipinski definition) is 6. The summed E-state index contributed by atoms with van der Waals surface area (Å²) in [5, 5.41) is 15.8. The highest BCUT2D eigenvalue weighted by molar-refractivity contribution is 6.30. The zero-order valence-electron chi connectivity index (χ0n) is 12.8. The molecule has 0 radical (unpaired) electrons. The third-order valence-corrected chi connectivity index (χ3v) is 3.55. The summed E-state index contributed by atoms with van der Waals surface area (Å²) in [6.07, 6.45) is 3.31. The van der Waals surface area contributed by atoms with E-state index < -0.39 is 0 Å². The second-order valence-electron chi connectivity index (χ2n) is 5.02. The highest BCUT2D eigenvalue weighted by Crippen LogP contribution is 2.21. The molecule has 0 fully saturated rings. The van der Waals surface area contributed by atoms with Crippen LogP contribution >= 0.6 is 11.6 Å². The molecule has 3 aromatic rings. The van der Waals surface area contributed by atoms with Crippen LogP contribution in [0.2, 0.25) is 5.02 Å². The zero-order chi connectivity index (χ0) is 16.9. The molecule has 0 saturated heterocycles. The Morgan fingerprint density at radius 3 is 2.75 bits per heavy atom. The van der Waals surface area contributed by atoms with E-state index in [9.17, 15) is 0 Å². The number of aromatic nitrogens is 3. The Hall–Kier alpha value is -2.99. The van der Waals surface area contributed by atoms with Gasteiger partial charge in [0, 0.05) is 28.7 Å². The van der Waals surface area contributed by atoms with E-state index in [-0.39, 0.29) is 0 Å². The molecule has 0 unspecified atom stereocenters. The van der Waals surface area contributed by atoms with Crippen LogP contribution in [0.1, 0.15) is 12.6 Å². The lowest BCUT2D eigenvalue weighted by molar-refractivity contribution is 0.319. The summed E-state index contributed by atoms with van der Waals surface area (Å²) >= 11 is 5.98. The minimum atomic E-state index is 0.434. The van der Waals surface area contributed by atoms with E-state index in [4.69, 9.17) is 16.8 Å². The van der Waals surface area contributed by atoms with Gasteiger partial charge >= 0.3 is 0 Å². The van der Waals surface area contributed by atoms with Gasteiger partial charge in [-0.1, -0.05) is 22.8 Å².